The maximum absolute atomic E-state index is 11.5. The zero-order valence-electron chi connectivity index (χ0n) is 11.1. The number of aliphatic carboxylic acids is 1. The van der Waals surface area contributed by atoms with Gasteiger partial charge in [0.05, 0.1) is 6.54 Å². The van der Waals surface area contributed by atoms with Crippen LogP contribution >= 0.6 is 0 Å². The fourth-order valence-electron chi connectivity index (χ4n) is 1.69. The van der Waals surface area contributed by atoms with E-state index in [9.17, 15) is 9.59 Å². The van der Waals surface area contributed by atoms with Crippen molar-refractivity contribution in [2.75, 3.05) is 13.1 Å². The molecule has 1 heterocycles. The second kappa shape index (κ2) is 5.82. The van der Waals surface area contributed by atoms with Gasteiger partial charge in [-0.1, -0.05) is 6.07 Å². The molecule has 1 aromatic rings. The molecule has 0 aliphatic rings. The molecule has 100 valence electrons. The van der Waals surface area contributed by atoms with Crippen molar-refractivity contribution in [3.8, 4) is 0 Å². The zero-order valence-corrected chi connectivity index (χ0v) is 11.1. The highest BCUT2D eigenvalue weighted by Crippen LogP contribution is 2.12. The first-order chi connectivity index (χ1) is 8.30. The maximum Gasteiger partial charge on any atom is 0.317 e. The smallest absolute Gasteiger partial charge is 0.317 e. The van der Waals surface area contributed by atoms with E-state index in [1.54, 1.807) is 22.9 Å². The lowest BCUT2D eigenvalue weighted by atomic mass is 10.1. The van der Waals surface area contributed by atoms with Crippen LogP contribution in [0.2, 0.25) is 0 Å². The number of rotatable bonds is 5. The van der Waals surface area contributed by atoms with Crippen LogP contribution in [0.5, 0.6) is 0 Å². The van der Waals surface area contributed by atoms with Crippen LogP contribution in [-0.4, -0.2) is 39.2 Å². The fraction of sp³-hybridized carbons (Fsp3) is 0.538. The van der Waals surface area contributed by atoms with Crippen LogP contribution in [-0.2, 0) is 11.3 Å². The second-order valence-electron chi connectivity index (χ2n) is 5.22. The Bertz CT molecular complexity index is 460. The van der Waals surface area contributed by atoms with Gasteiger partial charge < -0.3 is 9.67 Å². The Labute approximate surface area is 107 Å². The Morgan fingerprint density at radius 1 is 1.39 bits per heavy atom. The first kappa shape index (κ1) is 14.4. The molecule has 0 aliphatic heterocycles. The van der Waals surface area contributed by atoms with E-state index in [4.69, 9.17) is 5.11 Å². The minimum atomic E-state index is -0.856. The van der Waals surface area contributed by atoms with Crippen LogP contribution in [0.3, 0.4) is 0 Å². The van der Waals surface area contributed by atoms with Crippen molar-refractivity contribution >= 4 is 5.97 Å². The monoisotopic (exact) mass is 252 g/mol. The third-order valence-electron chi connectivity index (χ3n) is 2.78. The molecular formula is C13H20N2O3. The Kier molecular flexibility index (Phi) is 4.67. The van der Waals surface area contributed by atoms with Gasteiger partial charge in [0.15, 0.2) is 0 Å². The molecule has 0 bridgehead atoms. The normalized spacial score (nSPS) is 11.8. The molecule has 5 nitrogen and oxygen atoms in total. The molecule has 5 heteroatoms. The number of pyridine rings is 1. The van der Waals surface area contributed by atoms with Gasteiger partial charge in [0.2, 0.25) is 0 Å². The minimum Gasteiger partial charge on any atom is -0.480 e. The highest BCUT2D eigenvalue weighted by molar-refractivity contribution is 5.69. The van der Waals surface area contributed by atoms with Crippen molar-refractivity contribution in [1.82, 2.24) is 9.47 Å². The number of carbonyl (C=O) groups is 1. The first-order valence-corrected chi connectivity index (χ1v) is 5.93. The summed E-state index contributed by atoms with van der Waals surface area (Å²) in [6.45, 7) is 6.88. The van der Waals surface area contributed by atoms with E-state index in [1.807, 2.05) is 25.7 Å². The van der Waals surface area contributed by atoms with E-state index in [0.717, 1.165) is 0 Å². The van der Waals surface area contributed by atoms with E-state index in [-0.39, 0.29) is 17.6 Å². The molecular weight excluding hydrogens is 232 g/mol. The van der Waals surface area contributed by atoms with Gasteiger partial charge in [-0.15, -0.1) is 0 Å². The van der Waals surface area contributed by atoms with Crippen LogP contribution in [0.1, 0.15) is 20.8 Å². The highest BCUT2D eigenvalue weighted by Gasteiger charge is 2.23. The minimum absolute atomic E-state index is 0.0227. The number of hydrogen-bond donors (Lipinski definition) is 1. The largest absolute Gasteiger partial charge is 0.480 e. The Morgan fingerprint density at radius 3 is 2.56 bits per heavy atom. The summed E-state index contributed by atoms with van der Waals surface area (Å²) in [7, 11) is 0. The second-order valence-corrected chi connectivity index (χ2v) is 5.22. The van der Waals surface area contributed by atoms with Gasteiger partial charge in [0.25, 0.3) is 5.56 Å². The first-order valence-electron chi connectivity index (χ1n) is 5.93. The average Bonchev–Trinajstić information content (AvgIpc) is 2.24. The lowest BCUT2D eigenvalue weighted by molar-refractivity contribution is -0.139. The predicted molar refractivity (Wildman–Crippen MR) is 69.7 cm³/mol. The topological polar surface area (TPSA) is 62.5 Å². The lowest BCUT2D eigenvalue weighted by Crippen LogP contribution is -2.46. The summed E-state index contributed by atoms with van der Waals surface area (Å²) in [4.78, 5) is 24.2. The Balaban J connectivity index is 2.71. The summed E-state index contributed by atoms with van der Waals surface area (Å²) in [5.74, 6) is -0.856. The summed E-state index contributed by atoms with van der Waals surface area (Å²) >= 11 is 0. The van der Waals surface area contributed by atoms with E-state index < -0.39 is 5.97 Å². The standard InChI is InChI=1S/C13H20N2O3/c1-13(2,3)15(10-12(17)18)9-8-14-7-5-4-6-11(14)16/h4-7H,8-10H2,1-3H3,(H,17,18). The summed E-state index contributed by atoms with van der Waals surface area (Å²) < 4.78 is 1.58. The highest BCUT2D eigenvalue weighted by atomic mass is 16.4. The molecule has 0 aliphatic carbocycles. The van der Waals surface area contributed by atoms with E-state index >= 15 is 0 Å². The van der Waals surface area contributed by atoms with Crippen LogP contribution in [0, 0.1) is 0 Å². The zero-order chi connectivity index (χ0) is 13.8. The van der Waals surface area contributed by atoms with E-state index in [1.165, 1.54) is 6.07 Å². The van der Waals surface area contributed by atoms with E-state index in [0.29, 0.717) is 13.1 Å². The van der Waals surface area contributed by atoms with Gasteiger partial charge in [-0.3, -0.25) is 14.5 Å². The fourth-order valence-corrected chi connectivity index (χ4v) is 1.69. The molecule has 0 saturated heterocycles. The number of carboxylic acids is 1. The van der Waals surface area contributed by atoms with Crippen molar-refractivity contribution in [3.63, 3.8) is 0 Å². The van der Waals surface area contributed by atoms with Gasteiger partial charge in [-0.25, -0.2) is 0 Å². The molecule has 18 heavy (non-hydrogen) atoms. The quantitative estimate of drug-likeness (QED) is 0.850. The van der Waals surface area contributed by atoms with Crippen molar-refractivity contribution in [1.29, 1.82) is 0 Å². The summed E-state index contributed by atoms with van der Waals surface area (Å²) in [6, 6.07) is 4.98. The maximum atomic E-state index is 11.5. The molecule has 0 fully saturated rings. The van der Waals surface area contributed by atoms with Crippen molar-refractivity contribution in [3.05, 3.63) is 34.7 Å². The number of hydrogen-bond acceptors (Lipinski definition) is 3. The Morgan fingerprint density at radius 2 is 2.06 bits per heavy atom. The van der Waals surface area contributed by atoms with Crippen molar-refractivity contribution < 1.29 is 9.90 Å². The van der Waals surface area contributed by atoms with Crippen LogP contribution in [0.25, 0.3) is 0 Å². The molecule has 1 N–H and O–H groups in total. The average molecular weight is 252 g/mol. The van der Waals surface area contributed by atoms with Gasteiger partial charge >= 0.3 is 5.97 Å². The predicted octanol–water partition coefficient (Wildman–Crippen LogP) is 1.03. The van der Waals surface area contributed by atoms with Gasteiger partial charge in [-0.05, 0) is 26.8 Å². The van der Waals surface area contributed by atoms with Gasteiger partial charge in [0.1, 0.15) is 0 Å². The van der Waals surface area contributed by atoms with Crippen LogP contribution in [0.15, 0.2) is 29.2 Å². The SMILES string of the molecule is CC(C)(C)N(CCn1ccccc1=O)CC(=O)O. The molecule has 0 unspecified atom stereocenters. The van der Waals surface area contributed by atoms with Gasteiger partial charge in [-0.2, -0.15) is 0 Å². The summed E-state index contributed by atoms with van der Waals surface area (Å²) in [6.07, 6.45) is 1.71. The third-order valence-corrected chi connectivity index (χ3v) is 2.78. The molecule has 1 aromatic heterocycles. The molecule has 0 radical (unpaired) electrons. The number of aromatic nitrogens is 1. The summed E-state index contributed by atoms with van der Waals surface area (Å²) in [5, 5.41) is 8.89. The molecule has 0 spiro atoms. The molecule has 0 aromatic carbocycles. The van der Waals surface area contributed by atoms with Crippen molar-refractivity contribution in [2.45, 2.75) is 32.9 Å². The number of nitrogens with zero attached hydrogens (tertiary/aromatic N) is 2. The van der Waals surface area contributed by atoms with Crippen LogP contribution in [0.4, 0.5) is 0 Å². The Hall–Kier alpha value is -1.62. The molecule has 1 rings (SSSR count). The van der Waals surface area contributed by atoms with Crippen molar-refractivity contribution in [2.24, 2.45) is 0 Å². The summed E-state index contributed by atoms with van der Waals surface area (Å²) in [5.41, 5.74) is -0.307. The van der Waals surface area contributed by atoms with Gasteiger partial charge in [0, 0.05) is 30.9 Å². The van der Waals surface area contributed by atoms with Crippen LogP contribution < -0.4 is 5.56 Å². The number of carboxylic acid groups (broad SMARTS) is 1. The molecule has 0 saturated carbocycles. The lowest BCUT2D eigenvalue weighted by Gasteiger charge is -2.34. The molecule has 0 atom stereocenters. The molecule has 0 amide bonds. The van der Waals surface area contributed by atoms with E-state index in [2.05, 4.69) is 0 Å². The third kappa shape index (κ3) is 4.33.